The van der Waals surface area contributed by atoms with E-state index >= 15 is 0 Å². The number of hydrogen-bond donors (Lipinski definition) is 1. The predicted octanol–water partition coefficient (Wildman–Crippen LogP) is 2.74. The summed E-state index contributed by atoms with van der Waals surface area (Å²) in [6.07, 6.45) is 6.25. The molecule has 0 radical (unpaired) electrons. The Morgan fingerprint density at radius 1 is 1.00 bits per heavy atom. The van der Waals surface area contributed by atoms with E-state index in [1.165, 1.54) is 10.5 Å². The van der Waals surface area contributed by atoms with Gasteiger partial charge in [0.1, 0.15) is 12.2 Å². The molecule has 174 valence electrons. The van der Waals surface area contributed by atoms with Crippen LogP contribution in [-0.2, 0) is 6.54 Å². The van der Waals surface area contributed by atoms with E-state index in [0.717, 1.165) is 43.9 Å². The SMILES string of the molecule is N#Cc1ccc(C[NH+]2CCCN(C(=O)c3cn(-c4ccccc4)nc3-c3cccnc3)CC2)cc1. The summed E-state index contributed by atoms with van der Waals surface area (Å²) in [4.78, 5) is 21.4. The highest BCUT2D eigenvalue weighted by molar-refractivity contribution is 5.99. The first-order valence-corrected chi connectivity index (χ1v) is 11.9. The van der Waals surface area contributed by atoms with Gasteiger partial charge >= 0.3 is 0 Å². The fraction of sp³-hybridized carbons (Fsp3) is 0.214. The summed E-state index contributed by atoms with van der Waals surface area (Å²) in [5, 5.41) is 13.8. The summed E-state index contributed by atoms with van der Waals surface area (Å²) in [6.45, 7) is 4.18. The number of benzene rings is 2. The predicted molar refractivity (Wildman–Crippen MR) is 133 cm³/mol. The average Bonchev–Trinajstić information content (AvgIpc) is 3.24. The summed E-state index contributed by atoms with van der Waals surface area (Å²) in [7, 11) is 0. The molecule has 4 aromatic rings. The van der Waals surface area contributed by atoms with Crippen molar-refractivity contribution in [2.24, 2.45) is 0 Å². The largest absolute Gasteiger partial charge is 0.333 e. The van der Waals surface area contributed by atoms with Gasteiger partial charge in [0.15, 0.2) is 0 Å². The van der Waals surface area contributed by atoms with E-state index in [9.17, 15) is 4.79 Å². The number of amides is 1. The van der Waals surface area contributed by atoms with Gasteiger partial charge in [0.25, 0.3) is 5.91 Å². The van der Waals surface area contributed by atoms with Crippen molar-refractivity contribution in [2.75, 3.05) is 26.2 Å². The van der Waals surface area contributed by atoms with Crippen molar-refractivity contribution in [1.29, 1.82) is 5.26 Å². The van der Waals surface area contributed by atoms with Gasteiger partial charge in [-0.15, -0.1) is 0 Å². The number of hydrogen-bond acceptors (Lipinski definition) is 4. The van der Waals surface area contributed by atoms with Gasteiger partial charge in [-0.2, -0.15) is 10.4 Å². The van der Waals surface area contributed by atoms with E-state index in [1.807, 2.05) is 77.8 Å². The second-order valence-electron chi connectivity index (χ2n) is 8.79. The molecular formula is C28H27N6O+. The summed E-state index contributed by atoms with van der Waals surface area (Å²) in [5.41, 5.74) is 4.87. The van der Waals surface area contributed by atoms with E-state index in [-0.39, 0.29) is 5.91 Å². The first-order valence-electron chi connectivity index (χ1n) is 11.9. The normalized spacial score (nSPS) is 15.9. The van der Waals surface area contributed by atoms with Crippen LogP contribution in [0.25, 0.3) is 16.9 Å². The highest BCUT2D eigenvalue weighted by Crippen LogP contribution is 2.24. The Balaban J connectivity index is 1.35. The molecule has 0 saturated carbocycles. The Morgan fingerprint density at radius 3 is 2.57 bits per heavy atom. The number of nitrogens with zero attached hydrogens (tertiary/aromatic N) is 5. The number of nitrogens with one attached hydrogen (secondary N) is 1. The van der Waals surface area contributed by atoms with E-state index in [2.05, 4.69) is 11.1 Å². The zero-order chi connectivity index (χ0) is 24.0. The van der Waals surface area contributed by atoms with Gasteiger partial charge < -0.3 is 9.80 Å². The van der Waals surface area contributed by atoms with Crippen LogP contribution in [-0.4, -0.2) is 51.8 Å². The first-order chi connectivity index (χ1) is 17.2. The minimum Gasteiger partial charge on any atom is -0.333 e. The van der Waals surface area contributed by atoms with Crippen LogP contribution in [0.3, 0.4) is 0 Å². The summed E-state index contributed by atoms with van der Waals surface area (Å²) < 4.78 is 1.77. The fourth-order valence-electron chi connectivity index (χ4n) is 4.55. The molecule has 1 amide bonds. The van der Waals surface area contributed by atoms with Crippen LogP contribution in [0.15, 0.2) is 85.3 Å². The van der Waals surface area contributed by atoms with Gasteiger partial charge in [-0.05, 0) is 36.4 Å². The maximum absolute atomic E-state index is 13.7. The van der Waals surface area contributed by atoms with Gasteiger partial charge in [-0.25, -0.2) is 4.68 Å². The number of para-hydroxylation sites is 1. The van der Waals surface area contributed by atoms with Crippen LogP contribution in [0.1, 0.15) is 27.9 Å². The highest BCUT2D eigenvalue weighted by Gasteiger charge is 2.27. The van der Waals surface area contributed by atoms with Gasteiger partial charge in [-0.1, -0.05) is 30.3 Å². The second-order valence-corrected chi connectivity index (χ2v) is 8.79. The van der Waals surface area contributed by atoms with Crippen molar-refractivity contribution in [3.63, 3.8) is 0 Å². The van der Waals surface area contributed by atoms with E-state index in [1.54, 1.807) is 17.1 Å². The maximum atomic E-state index is 13.7. The molecule has 3 heterocycles. The standard InChI is InChI=1S/C28H26N6O/c29-18-22-9-11-23(12-10-22)20-32-14-5-15-33(17-16-32)28(35)26-21-34(25-7-2-1-3-8-25)31-27(26)24-6-4-13-30-19-24/h1-4,6-13,19,21H,5,14-17,20H2/p+1. The molecule has 1 atom stereocenters. The first kappa shape index (κ1) is 22.5. The molecular weight excluding hydrogens is 436 g/mol. The van der Waals surface area contributed by atoms with Crippen molar-refractivity contribution < 1.29 is 9.69 Å². The van der Waals surface area contributed by atoms with Crippen molar-refractivity contribution in [1.82, 2.24) is 19.7 Å². The number of pyridine rings is 1. The van der Waals surface area contributed by atoms with Crippen molar-refractivity contribution in [3.8, 4) is 23.0 Å². The van der Waals surface area contributed by atoms with Crippen molar-refractivity contribution in [2.45, 2.75) is 13.0 Å². The van der Waals surface area contributed by atoms with Gasteiger partial charge in [-0.3, -0.25) is 9.78 Å². The lowest BCUT2D eigenvalue weighted by atomic mass is 10.1. The van der Waals surface area contributed by atoms with Crippen LogP contribution in [0.4, 0.5) is 0 Å². The lowest BCUT2D eigenvalue weighted by molar-refractivity contribution is -0.911. The summed E-state index contributed by atoms with van der Waals surface area (Å²) in [5.74, 6) is 0.00524. The van der Waals surface area contributed by atoms with Gasteiger partial charge in [0.2, 0.25) is 0 Å². The summed E-state index contributed by atoms with van der Waals surface area (Å²) in [6, 6.07) is 23.6. The molecule has 35 heavy (non-hydrogen) atoms. The molecule has 1 N–H and O–H groups in total. The van der Waals surface area contributed by atoms with Crippen LogP contribution in [0, 0.1) is 11.3 Å². The monoisotopic (exact) mass is 463 g/mol. The smallest absolute Gasteiger partial charge is 0.257 e. The number of quaternary nitrogens is 1. The molecule has 1 unspecified atom stereocenters. The minimum absolute atomic E-state index is 0.00524. The van der Waals surface area contributed by atoms with Crippen molar-refractivity contribution >= 4 is 5.91 Å². The number of rotatable bonds is 5. The number of nitriles is 1. The molecule has 2 aromatic heterocycles. The van der Waals surface area contributed by atoms with E-state index < -0.39 is 0 Å². The molecule has 1 aliphatic rings. The third kappa shape index (κ3) is 5.13. The van der Waals surface area contributed by atoms with Crippen LogP contribution in [0.5, 0.6) is 0 Å². The zero-order valence-electron chi connectivity index (χ0n) is 19.5. The Kier molecular flexibility index (Phi) is 6.64. The lowest BCUT2D eigenvalue weighted by Crippen LogP contribution is -3.11. The Labute approximate surface area is 204 Å². The maximum Gasteiger partial charge on any atom is 0.257 e. The quantitative estimate of drug-likeness (QED) is 0.494. The Hall–Kier alpha value is -4.28. The topological polar surface area (TPSA) is 79.2 Å². The molecule has 1 fully saturated rings. The minimum atomic E-state index is 0.00524. The fourth-order valence-corrected chi connectivity index (χ4v) is 4.55. The number of carbonyl (C=O) groups is 1. The lowest BCUT2D eigenvalue weighted by Gasteiger charge is -2.20. The zero-order valence-corrected chi connectivity index (χ0v) is 19.5. The third-order valence-electron chi connectivity index (χ3n) is 6.42. The number of aromatic nitrogens is 3. The molecule has 0 spiro atoms. The molecule has 7 nitrogen and oxygen atoms in total. The van der Waals surface area contributed by atoms with Gasteiger partial charge in [0, 0.05) is 42.7 Å². The highest BCUT2D eigenvalue weighted by atomic mass is 16.2. The molecule has 0 bridgehead atoms. The molecule has 5 rings (SSSR count). The molecule has 2 aromatic carbocycles. The third-order valence-corrected chi connectivity index (χ3v) is 6.42. The van der Waals surface area contributed by atoms with Crippen LogP contribution < -0.4 is 4.90 Å². The summed E-state index contributed by atoms with van der Waals surface area (Å²) >= 11 is 0. The van der Waals surface area contributed by atoms with E-state index in [4.69, 9.17) is 10.4 Å². The average molecular weight is 464 g/mol. The molecule has 1 aliphatic heterocycles. The molecule has 0 aliphatic carbocycles. The van der Waals surface area contributed by atoms with Gasteiger partial charge in [0.05, 0.1) is 42.5 Å². The molecule has 7 heteroatoms. The Morgan fingerprint density at radius 2 is 1.83 bits per heavy atom. The van der Waals surface area contributed by atoms with Crippen molar-refractivity contribution in [3.05, 3.63) is 102 Å². The Bertz CT molecular complexity index is 1330. The molecule has 1 saturated heterocycles. The second kappa shape index (κ2) is 10.3. The number of carbonyl (C=O) groups excluding carboxylic acids is 1. The van der Waals surface area contributed by atoms with Crippen LogP contribution >= 0.6 is 0 Å². The van der Waals surface area contributed by atoms with Crippen LogP contribution in [0.2, 0.25) is 0 Å². The van der Waals surface area contributed by atoms with E-state index in [0.29, 0.717) is 23.4 Å².